The van der Waals surface area contributed by atoms with Crippen LogP contribution in [-0.2, 0) is 4.79 Å². The van der Waals surface area contributed by atoms with Gasteiger partial charge in [0.2, 0.25) is 5.91 Å². The summed E-state index contributed by atoms with van der Waals surface area (Å²) >= 11 is 7.20. The number of carbonyl (C=O) groups is 1. The Labute approximate surface area is 140 Å². The van der Waals surface area contributed by atoms with Crippen molar-refractivity contribution in [1.82, 2.24) is 0 Å². The Balaban J connectivity index is 1.96. The molecule has 0 bridgehead atoms. The summed E-state index contributed by atoms with van der Waals surface area (Å²) in [5.74, 6) is -0.404. The van der Waals surface area contributed by atoms with Gasteiger partial charge in [-0.15, -0.1) is 11.8 Å². The van der Waals surface area contributed by atoms with E-state index in [0.717, 1.165) is 5.56 Å². The molecule has 1 atom stereocenters. The van der Waals surface area contributed by atoms with Gasteiger partial charge in [0.1, 0.15) is 11.2 Å². The van der Waals surface area contributed by atoms with Gasteiger partial charge < -0.3 is 0 Å². The normalized spacial score (nSPS) is 17.6. The number of nitro groups is 1. The standard InChI is InChI=1S/C15H10ClFN2O3S/c16-12-7-11(5-6-13(12)17)18-14(20)8-23-15(18)9-1-3-10(4-2-9)19(21)22/h1-7,15H,8H2. The SMILES string of the molecule is O=C1CSC(c2ccc([N+](=O)[O-])cc2)N1c1ccc(F)c(Cl)c1. The highest BCUT2D eigenvalue weighted by Crippen LogP contribution is 2.42. The number of nitro benzene ring substituents is 1. The van der Waals surface area contributed by atoms with Crippen LogP contribution in [0.15, 0.2) is 42.5 Å². The Morgan fingerprint density at radius 3 is 2.57 bits per heavy atom. The van der Waals surface area contributed by atoms with Gasteiger partial charge in [0.05, 0.1) is 15.7 Å². The molecule has 0 saturated carbocycles. The van der Waals surface area contributed by atoms with Crippen molar-refractivity contribution in [2.24, 2.45) is 0 Å². The molecule has 1 saturated heterocycles. The summed E-state index contributed by atoms with van der Waals surface area (Å²) < 4.78 is 13.3. The molecule has 23 heavy (non-hydrogen) atoms. The van der Waals surface area contributed by atoms with E-state index in [2.05, 4.69) is 0 Å². The van der Waals surface area contributed by atoms with Crippen molar-refractivity contribution in [2.45, 2.75) is 5.37 Å². The lowest BCUT2D eigenvalue weighted by Gasteiger charge is -2.24. The highest BCUT2D eigenvalue weighted by atomic mass is 35.5. The highest BCUT2D eigenvalue weighted by Gasteiger charge is 2.34. The number of nitrogens with zero attached hydrogens (tertiary/aromatic N) is 2. The smallest absolute Gasteiger partial charge is 0.269 e. The number of amides is 1. The maximum Gasteiger partial charge on any atom is 0.269 e. The summed E-state index contributed by atoms with van der Waals surface area (Å²) in [6.45, 7) is 0. The summed E-state index contributed by atoms with van der Waals surface area (Å²) in [5.41, 5.74) is 1.24. The second-order valence-corrected chi connectivity index (χ2v) is 6.35. The van der Waals surface area contributed by atoms with E-state index in [1.807, 2.05) is 0 Å². The van der Waals surface area contributed by atoms with Gasteiger partial charge in [0.15, 0.2) is 0 Å². The lowest BCUT2D eigenvalue weighted by Crippen LogP contribution is -2.27. The molecular weight excluding hydrogens is 343 g/mol. The fraction of sp³-hybridized carbons (Fsp3) is 0.133. The first-order chi connectivity index (χ1) is 11.0. The molecule has 0 radical (unpaired) electrons. The first-order valence-electron chi connectivity index (χ1n) is 6.60. The molecule has 118 valence electrons. The number of hydrogen-bond donors (Lipinski definition) is 0. The Bertz CT molecular complexity index is 785. The quantitative estimate of drug-likeness (QED) is 0.614. The number of halogens is 2. The molecule has 0 aliphatic carbocycles. The van der Waals surface area contributed by atoms with E-state index in [1.54, 1.807) is 12.1 Å². The lowest BCUT2D eigenvalue weighted by molar-refractivity contribution is -0.384. The van der Waals surface area contributed by atoms with Gasteiger partial charge in [-0.1, -0.05) is 11.6 Å². The second kappa shape index (κ2) is 6.17. The maximum atomic E-state index is 13.3. The molecule has 3 rings (SSSR count). The Morgan fingerprint density at radius 2 is 1.96 bits per heavy atom. The third kappa shape index (κ3) is 3.02. The molecule has 1 heterocycles. The van der Waals surface area contributed by atoms with Gasteiger partial charge in [0, 0.05) is 17.8 Å². The van der Waals surface area contributed by atoms with Crippen LogP contribution in [-0.4, -0.2) is 16.6 Å². The number of rotatable bonds is 3. The second-order valence-electron chi connectivity index (χ2n) is 4.87. The molecule has 0 N–H and O–H groups in total. The van der Waals surface area contributed by atoms with Gasteiger partial charge in [-0.3, -0.25) is 19.8 Å². The number of thioether (sulfide) groups is 1. The minimum absolute atomic E-state index is 0.0144. The summed E-state index contributed by atoms with van der Waals surface area (Å²) in [6.07, 6.45) is 0. The summed E-state index contributed by atoms with van der Waals surface area (Å²) in [4.78, 5) is 24.0. The van der Waals surface area contributed by atoms with Crippen LogP contribution >= 0.6 is 23.4 Å². The Morgan fingerprint density at radius 1 is 1.26 bits per heavy atom. The van der Waals surface area contributed by atoms with Crippen molar-refractivity contribution in [2.75, 3.05) is 10.7 Å². The predicted octanol–water partition coefficient (Wildman–Crippen LogP) is 4.17. The number of anilines is 1. The van der Waals surface area contributed by atoms with E-state index in [4.69, 9.17) is 11.6 Å². The van der Waals surface area contributed by atoms with Crippen molar-refractivity contribution in [3.05, 3.63) is 69.0 Å². The van der Waals surface area contributed by atoms with Gasteiger partial charge in [-0.05, 0) is 35.9 Å². The van der Waals surface area contributed by atoms with Gasteiger partial charge >= 0.3 is 0 Å². The fourth-order valence-electron chi connectivity index (χ4n) is 2.35. The van der Waals surface area contributed by atoms with E-state index in [9.17, 15) is 19.3 Å². The minimum atomic E-state index is -0.554. The monoisotopic (exact) mass is 352 g/mol. The van der Waals surface area contributed by atoms with Crippen molar-refractivity contribution in [3.8, 4) is 0 Å². The Kier molecular flexibility index (Phi) is 4.23. The third-order valence-corrected chi connectivity index (χ3v) is 4.94. The number of non-ortho nitro benzene ring substituents is 1. The van der Waals surface area contributed by atoms with E-state index in [1.165, 1.54) is 47.0 Å². The van der Waals surface area contributed by atoms with E-state index in [0.29, 0.717) is 5.69 Å². The fourth-order valence-corrected chi connectivity index (χ4v) is 3.70. The topological polar surface area (TPSA) is 63.4 Å². The van der Waals surface area contributed by atoms with Crippen LogP contribution in [0, 0.1) is 15.9 Å². The molecule has 2 aromatic carbocycles. The molecule has 1 fully saturated rings. The lowest BCUT2D eigenvalue weighted by atomic mass is 10.1. The van der Waals surface area contributed by atoms with Crippen LogP contribution in [0.5, 0.6) is 0 Å². The zero-order chi connectivity index (χ0) is 16.6. The summed E-state index contributed by atoms with van der Waals surface area (Å²) in [5, 5.41) is 10.3. The molecule has 1 unspecified atom stereocenters. The van der Waals surface area contributed by atoms with E-state index >= 15 is 0 Å². The van der Waals surface area contributed by atoms with Crippen LogP contribution in [0.25, 0.3) is 0 Å². The highest BCUT2D eigenvalue weighted by molar-refractivity contribution is 8.00. The first-order valence-corrected chi connectivity index (χ1v) is 8.03. The Hall–Kier alpha value is -2.12. The average molecular weight is 353 g/mol. The van der Waals surface area contributed by atoms with E-state index in [-0.39, 0.29) is 27.7 Å². The maximum absolute atomic E-state index is 13.3. The van der Waals surface area contributed by atoms with Crippen molar-refractivity contribution in [3.63, 3.8) is 0 Å². The van der Waals surface area contributed by atoms with E-state index < -0.39 is 10.7 Å². The predicted molar refractivity (Wildman–Crippen MR) is 87.2 cm³/mol. The summed E-state index contributed by atoms with van der Waals surface area (Å²) in [6, 6.07) is 10.1. The van der Waals surface area contributed by atoms with Crippen LogP contribution < -0.4 is 4.90 Å². The number of benzene rings is 2. The molecule has 1 amide bonds. The molecule has 2 aromatic rings. The molecule has 1 aliphatic rings. The zero-order valence-corrected chi connectivity index (χ0v) is 13.2. The van der Waals surface area contributed by atoms with Crippen molar-refractivity contribution >= 4 is 40.6 Å². The number of hydrogen-bond acceptors (Lipinski definition) is 4. The van der Waals surface area contributed by atoms with Crippen LogP contribution in [0.1, 0.15) is 10.9 Å². The molecule has 0 aromatic heterocycles. The zero-order valence-electron chi connectivity index (χ0n) is 11.6. The molecule has 8 heteroatoms. The number of carbonyl (C=O) groups excluding carboxylic acids is 1. The van der Waals surface area contributed by atoms with Crippen molar-refractivity contribution < 1.29 is 14.1 Å². The first kappa shape index (κ1) is 15.8. The molecular formula is C15H10ClFN2O3S. The minimum Gasteiger partial charge on any atom is -0.295 e. The average Bonchev–Trinajstić information content (AvgIpc) is 2.92. The molecule has 1 aliphatic heterocycles. The van der Waals surface area contributed by atoms with Crippen LogP contribution in [0.3, 0.4) is 0 Å². The van der Waals surface area contributed by atoms with Crippen LogP contribution in [0.2, 0.25) is 5.02 Å². The largest absolute Gasteiger partial charge is 0.295 e. The van der Waals surface area contributed by atoms with Gasteiger partial charge in [0.25, 0.3) is 5.69 Å². The van der Waals surface area contributed by atoms with Gasteiger partial charge in [-0.2, -0.15) is 0 Å². The van der Waals surface area contributed by atoms with Crippen LogP contribution in [0.4, 0.5) is 15.8 Å². The molecule has 5 nitrogen and oxygen atoms in total. The van der Waals surface area contributed by atoms with Crippen molar-refractivity contribution in [1.29, 1.82) is 0 Å². The van der Waals surface area contributed by atoms with Gasteiger partial charge in [-0.25, -0.2) is 4.39 Å². The molecule has 0 spiro atoms. The summed E-state index contributed by atoms with van der Waals surface area (Å²) in [7, 11) is 0. The third-order valence-electron chi connectivity index (χ3n) is 3.44.